The number of rotatable bonds is 15. The zero-order valence-electron chi connectivity index (χ0n) is 22.0. The van der Waals surface area contributed by atoms with Gasteiger partial charge in [-0.25, -0.2) is 0 Å². The molecule has 2 nitrogen and oxygen atoms in total. The third-order valence-electron chi connectivity index (χ3n) is 6.57. The van der Waals surface area contributed by atoms with Gasteiger partial charge in [0.2, 0.25) is 0 Å². The Morgan fingerprint density at radius 3 is 2.00 bits per heavy atom. The van der Waals surface area contributed by atoms with Crippen LogP contribution in [0.25, 0.3) is 11.1 Å². The molecule has 0 atom stereocenters. The molecule has 0 unspecified atom stereocenters. The second kappa shape index (κ2) is 16.0. The summed E-state index contributed by atoms with van der Waals surface area (Å²) >= 11 is 0. The molecule has 0 radical (unpaired) electrons. The molecule has 2 heteroatoms. The topological polar surface area (TPSA) is 36.4 Å². The van der Waals surface area contributed by atoms with Gasteiger partial charge in [0.05, 0.1) is 5.57 Å². The molecule has 0 bridgehead atoms. The van der Waals surface area contributed by atoms with Crippen molar-refractivity contribution in [3.8, 4) is 0 Å². The summed E-state index contributed by atoms with van der Waals surface area (Å²) in [6.45, 7) is 8.93. The quantitative estimate of drug-likeness (QED) is 0.0841. The zero-order chi connectivity index (χ0) is 24.6. The highest BCUT2D eigenvalue weighted by molar-refractivity contribution is 5.87. The molecule has 0 heterocycles. The summed E-state index contributed by atoms with van der Waals surface area (Å²) in [6, 6.07) is 18.1. The number of nitrogens with zero attached hydrogens (tertiary/aromatic N) is 2. The van der Waals surface area contributed by atoms with E-state index in [1.807, 2.05) is 0 Å². The summed E-state index contributed by atoms with van der Waals surface area (Å²) in [5.74, 6) is 3.00. The molecule has 182 valence electrons. The molecule has 2 aromatic carbocycles. The van der Waals surface area contributed by atoms with Crippen LogP contribution in [0, 0.1) is 0 Å². The third kappa shape index (κ3) is 8.60. The maximum atomic E-state index is 9.51. The van der Waals surface area contributed by atoms with Crippen molar-refractivity contribution in [2.75, 3.05) is 0 Å². The zero-order valence-corrected chi connectivity index (χ0v) is 22.0. The minimum absolute atomic E-state index is 0.885. The lowest BCUT2D eigenvalue weighted by molar-refractivity contribution is 0.00739. The van der Waals surface area contributed by atoms with Gasteiger partial charge in [0.1, 0.15) is 0 Å². The highest BCUT2D eigenvalue weighted by Gasteiger charge is 2.18. The monoisotopic (exact) mass is 456 g/mol. The first-order valence-electron chi connectivity index (χ1n) is 13.6. The van der Waals surface area contributed by atoms with E-state index < -0.39 is 0 Å². The van der Waals surface area contributed by atoms with Gasteiger partial charge < -0.3 is 5.53 Å². The Labute approximate surface area is 208 Å². The van der Waals surface area contributed by atoms with Crippen molar-refractivity contribution in [2.24, 2.45) is 0 Å². The van der Waals surface area contributed by atoms with E-state index in [9.17, 15) is 5.53 Å². The summed E-state index contributed by atoms with van der Waals surface area (Å²) in [6.07, 6.45) is 13.4. The van der Waals surface area contributed by atoms with Gasteiger partial charge >= 0.3 is 5.87 Å². The minimum Gasteiger partial charge on any atom is -0.348 e. The molecule has 0 spiro atoms. The SMILES string of the molecule is CCCCCCC(C(=C=[N+]=[N-])CCCC)=C(c1cccc(CC)c1)c1cccc(CCCC)c1. The Kier molecular flexibility index (Phi) is 13.0. The van der Waals surface area contributed by atoms with Gasteiger partial charge in [0.25, 0.3) is 0 Å². The summed E-state index contributed by atoms with van der Waals surface area (Å²) in [5.41, 5.74) is 18.4. The van der Waals surface area contributed by atoms with Crippen LogP contribution < -0.4 is 0 Å². The van der Waals surface area contributed by atoms with E-state index in [0.717, 1.165) is 50.5 Å². The van der Waals surface area contributed by atoms with Crippen LogP contribution in [0.4, 0.5) is 0 Å². The Bertz CT molecular complexity index is 1000. The van der Waals surface area contributed by atoms with E-state index in [-0.39, 0.29) is 0 Å². The number of hydrogen-bond donors (Lipinski definition) is 0. The van der Waals surface area contributed by atoms with Crippen LogP contribution in [-0.4, -0.2) is 10.7 Å². The second-order valence-electron chi connectivity index (χ2n) is 9.32. The van der Waals surface area contributed by atoms with Gasteiger partial charge in [0.15, 0.2) is 0 Å². The maximum absolute atomic E-state index is 9.51. The molecule has 2 rings (SSSR count). The molecule has 0 saturated carbocycles. The van der Waals surface area contributed by atoms with Crippen molar-refractivity contribution in [3.63, 3.8) is 0 Å². The predicted molar refractivity (Wildman–Crippen MR) is 147 cm³/mol. The van der Waals surface area contributed by atoms with E-state index in [2.05, 4.69) is 86.9 Å². The van der Waals surface area contributed by atoms with Crippen molar-refractivity contribution in [3.05, 3.63) is 87.5 Å². The Balaban J connectivity index is 2.77. The smallest absolute Gasteiger partial charge is 0.303 e. The Morgan fingerprint density at radius 2 is 1.38 bits per heavy atom. The summed E-state index contributed by atoms with van der Waals surface area (Å²) in [4.78, 5) is 3.39. The van der Waals surface area contributed by atoms with E-state index >= 15 is 0 Å². The van der Waals surface area contributed by atoms with Crippen LogP contribution in [-0.2, 0) is 12.8 Å². The first-order valence-corrected chi connectivity index (χ1v) is 13.6. The maximum Gasteiger partial charge on any atom is 0.303 e. The lowest BCUT2D eigenvalue weighted by Gasteiger charge is -2.19. The van der Waals surface area contributed by atoms with E-state index in [4.69, 9.17) is 0 Å². The highest BCUT2D eigenvalue weighted by atomic mass is 14.8. The fourth-order valence-electron chi connectivity index (χ4n) is 4.57. The van der Waals surface area contributed by atoms with Gasteiger partial charge in [-0.1, -0.05) is 108 Å². The Hall–Kier alpha value is -2.66. The second-order valence-corrected chi connectivity index (χ2v) is 9.32. The molecular weight excluding hydrogens is 412 g/mol. The number of aryl methyl sites for hydroxylation is 2. The van der Waals surface area contributed by atoms with Gasteiger partial charge in [0, 0.05) is 0 Å². The third-order valence-corrected chi connectivity index (χ3v) is 6.57. The van der Waals surface area contributed by atoms with Gasteiger partial charge in [-0.15, -0.1) is 4.79 Å². The average molecular weight is 457 g/mol. The van der Waals surface area contributed by atoms with Crippen LogP contribution in [0.15, 0.2) is 59.7 Å². The number of unbranched alkanes of at least 4 members (excludes halogenated alkanes) is 5. The number of benzene rings is 2. The Morgan fingerprint density at radius 1 is 0.735 bits per heavy atom. The number of allylic oxidation sites excluding steroid dienone is 2. The lowest BCUT2D eigenvalue weighted by atomic mass is 9.84. The lowest BCUT2D eigenvalue weighted by Crippen LogP contribution is -2.02. The van der Waals surface area contributed by atoms with Crippen molar-refractivity contribution in [1.82, 2.24) is 0 Å². The molecule has 0 aliphatic rings. The molecule has 0 saturated heterocycles. The molecular formula is C32H44N2. The normalized spacial score (nSPS) is 11.5. The summed E-state index contributed by atoms with van der Waals surface area (Å²) in [7, 11) is 0. The highest BCUT2D eigenvalue weighted by Crippen LogP contribution is 2.35. The van der Waals surface area contributed by atoms with E-state index in [1.165, 1.54) is 65.5 Å². The van der Waals surface area contributed by atoms with Crippen molar-refractivity contribution in [1.29, 1.82) is 0 Å². The summed E-state index contributed by atoms with van der Waals surface area (Å²) in [5, 5.41) is 0. The predicted octanol–water partition coefficient (Wildman–Crippen LogP) is 9.38. The first-order chi connectivity index (χ1) is 16.7. The first kappa shape index (κ1) is 27.6. The summed E-state index contributed by atoms with van der Waals surface area (Å²) < 4.78 is 0. The molecule has 0 N–H and O–H groups in total. The molecule has 0 aliphatic carbocycles. The van der Waals surface area contributed by atoms with Gasteiger partial charge in [-0.2, -0.15) is 0 Å². The van der Waals surface area contributed by atoms with Crippen molar-refractivity contribution >= 4 is 11.4 Å². The van der Waals surface area contributed by atoms with E-state index in [1.54, 1.807) is 0 Å². The molecule has 0 aliphatic heterocycles. The van der Waals surface area contributed by atoms with Gasteiger partial charge in [-0.3, -0.25) is 0 Å². The van der Waals surface area contributed by atoms with Crippen LogP contribution in [0.1, 0.15) is 114 Å². The molecule has 34 heavy (non-hydrogen) atoms. The molecule has 0 aromatic heterocycles. The largest absolute Gasteiger partial charge is 0.348 e. The molecule has 0 fully saturated rings. The van der Waals surface area contributed by atoms with Crippen LogP contribution in [0.2, 0.25) is 0 Å². The fraction of sp³-hybridized carbons (Fsp3) is 0.500. The fourth-order valence-corrected chi connectivity index (χ4v) is 4.57. The standard InChI is InChI=1S/C32H44N2/c1-5-9-12-13-22-31(30(25-34-33)19-11-7-3)32(28-20-14-17-26(8-4)23-28)29-21-15-18-27(24-29)16-10-6-2/h14-15,17-18,20-21,23-24H,5-13,16,19,22H2,1-4H3. The average Bonchev–Trinajstić information content (AvgIpc) is 2.87. The number of hydrogen-bond acceptors (Lipinski definition) is 0. The van der Waals surface area contributed by atoms with Crippen molar-refractivity contribution < 1.29 is 4.79 Å². The van der Waals surface area contributed by atoms with Crippen LogP contribution >= 0.6 is 0 Å². The van der Waals surface area contributed by atoms with Crippen molar-refractivity contribution in [2.45, 2.75) is 105 Å². The van der Waals surface area contributed by atoms with E-state index in [0.29, 0.717) is 0 Å². The minimum atomic E-state index is 0.885. The van der Waals surface area contributed by atoms with Crippen LogP contribution in [0.3, 0.4) is 0 Å². The molecule has 0 amide bonds. The molecule has 2 aromatic rings. The van der Waals surface area contributed by atoms with Crippen LogP contribution in [0.5, 0.6) is 0 Å². The van der Waals surface area contributed by atoms with Gasteiger partial charge in [-0.05, 0) is 78.3 Å².